The van der Waals surface area contributed by atoms with Crippen LogP contribution in [0.4, 0.5) is 60.0 Å². The SMILES string of the molecule is CC(=O)c1cc(F)c(N2C[C@@H](C)O[C@@H](C)C2)c(C=O)c1.CC(=O)c1cc(F)c(N2C[C@@H](C)O[C@@H](C)C2)c(C=O)c1.CC(=O)c1cc(F)c2c(c1)CC1(C(=O)NC(=O)NC1=O)[C@@H]1[C@@H](C)O[C@@H](C)CN21.CC(=O)c1cc(F)c2c(c1)CC1(C(=O)NC(=O)NC1=O)[C@@H]1[C@@H](C)O[C@@H](C)CN21.C[C@@H]1CN(c2c(F)cc(Br)cc2C2OCCO2)C[C@H](C)O1. The van der Waals surface area contributed by atoms with Crippen LogP contribution in [0.2, 0.25) is 0 Å². The topological polar surface area (TPSA) is 334 Å². The van der Waals surface area contributed by atoms with Gasteiger partial charge >= 0.3 is 12.1 Å². The Morgan fingerprint density at radius 3 is 0.983 bits per heavy atom. The molecule has 0 aromatic heterocycles. The second kappa shape index (κ2) is 35.8. The predicted octanol–water partition coefficient (Wildman–Crippen LogP) is 9.99. The molecule has 0 radical (unpaired) electrons. The number of nitrogens with zero attached hydrogens (tertiary/aromatic N) is 5. The van der Waals surface area contributed by atoms with Crippen molar-refractivity contribution in [1.82, 2.24) is 21.3 Å². The number of benzene rings is 5. The number of fused-ring (bicyclic) bond motifs is 8. The summed E-state index contributed by atoms with van der Waals surface area (Å²) in [6, 6.07) is 10.6. The van der Waals surface area contributed by atoms with E-state index in [1.807, 2.05) is 76.2 Å². The summed E-state index contributed by atoms with van der Waals surface area (Å²) in [6.07, 6.45) is -1.30. The van der Waals surface area contributed by atoms with Crippen LogP contribution in [0.1, 0.15) is 182 Å². The van der Waals surface area contributed by atoms with Crippen LogP contribution >= 0.6 is 15.9 Å². The molecule has 2 spiro atoms. The second-order valence-corrected chi connectivity index (χ2v) is 32.3. The molecule has 5 aromatic carbocycles. The van der Waals surface area contributed by atoms with E-state index in [-0.39, 0.29) is 160 Å². The molecule has 8 saturated heterocycles. The lowest BCUT2D eigenvalue weighted by Crippen LogP contribution is -2.75. The molecule has 4 N–H and O–H groups in total. The zero-order valence-corrected chi connectivity index (χ0v) is 68.8. The van der Waals surface area contributed by atoms with E-state index in [2.05, 4.69) is 37.2 Å². The molecule has 0 unspecified atom stereocenters. The number of Topliss-reactive ketones (excluding diaryl/α,β-unsaturated/α-hetero) is 4. The van der Waals surface area contributed by atoms with Crippen LogP contribution in [-0.2, 0) is 65.2 Å². The number of ketones is 4. The number of morpholine rings is 5. The standard InChI is InChI=1S/2C19H20FN3O5.C15H19BrFNO3.2C15H18FNO3/c2*1-8-7-23-14-12(4-11(9(2)24)5-13(14)20)6-19(15(23)10(3)28-8)16(25)21-18(27)22-17(19)26;1-9-7-18(8-10(2)21-9)14-12(15-19-3-4-20-15)5-11(16)6-13(14)17;2*1-9-6-17(7-10(2)20-9)15-13(8-18)4-12(11(3)19)5-14(15)16/h2*4-5,8,10,15H,6-7H2,1-3H3,(H2,21,22,25,26,27);5-6,9-10,15H,3-4,7-8H2,1-2H3;2*4-5,8-10H,6-7H2,1-3H3/t2*8-,10+,15-;3*9-,10+/m00.../s1. The Labute approximate surface area is 680 Å². The Kier molecular flexibility index (Phi) is 26.9. The van der Waals surface area contributed by atoms with Crippen molar-refractivity contribution in [3.05, 3.63) is 144 Å². The van der Waals surface area contributed by atoms with E-state index in [1.54, 1.807) is 23.6 Å². The van der Waals surface area contributed by atoms with Gasteiger partial charge in [-0.2, -0.15) is 0 Å². The number of anilines is 5. The van der Waals surface area contributed by atoms with Gasteiger partial charge in [0, 0.05) is 109 Å². The molecule has 10 aliphatic heterocycles. The number of imide groups is 4. The quantitative estimate of drug-likeness (QED) is 0.0437. The molecule has 10 heterocycles. The van der Waals surface area contributed by atoms with Crippen LogP contribution in [0.15, 0.2) is 65.1 Å². The lowest BCUT2D eigenvalue weighted by Gasteiger charge is -2.55. The summed E-state index contributed by atoms with van der Waals surface area (Å²) in [6.45, 7) is 29.0. The molecule has 117 heavy (non-hydrogen) atoms. The van der Waals surface area contributed by atoms with Crippen molar-refractivity contribution in [1.29, 1.82) is 0 Å². The normalized spacial score (nSPS) is 26.2. The molecule has 8 amide bonds. The summed E-state index contributed by atoms with van der Waals surface area (Å²) in [4.78, 5) is 153. The van der Waals surface area contributed by atoms with Crippen LogP contribution in [0.5, 0.6) is 0 Å². The Hall–Kier alpha value is -9.81. The first-order valence-corrected chi connectivity index (χ1v) is 39.3. The van der Waals surface area contributed by atoms with E-state index in [0.29, 0.717) is 86.3 Å². The molecule has 34 heteroatoms. The van der Waals surface area contributed by atoms with Gasteiger partial charge in [-0.05, 0) is 169 Å². The predicted molar refractivity (Wildman–Crippen MR) is 420 cm³/mol. The fourth-order valence-electron chi connectivity index (χ4n) is 17.7. The zero-order valence-electron chi connectivity index (χ0n) is 67.2. The average Bonchev–Trinajstić information content (AvgIpc) is 1.14. The summed E-state index contributed by atoms with van der Waals surface area (Å²) in [5.41, 5.74) is 0.888. The fourth-order valence-corrected chi connectivity index (χ4v) is 18.1. The lowest BCUT2D eigenvalue weighted by molar-refractivity contribution is -0.154. The first-order valence-electron chi connectivity index (χ1n) is 38.6. The minimum Gasteiger partial charge on any atom is -0.372 e. The Bertz CT molecular complexity index is 4500. The number of rotatable bonds is 10. The summed E-state index contributed by atoms with van der Waals surface area (Å²) < 4.78 is 114. The lowest BCUT2D eigenvalue weighted by atomic mass is 9.66. The number of amides is 8. The number of carbonyl (C=O) groups is 12. The van der Waals surface area contributed by atoms with E-state index >= 15 is 8.78 Å². The summed E-state index contributed by atoms with van der Waals surface area (Å²) in [5, 5.41) is 8.66. The van der Waals surface area contributed by atoms with E-state index in [4.69, 9.17) is 33.2 Å². The van der Waals surface area contributed by atoms with E-state index < -0.39 is 100 Å². The van der Waals surface area contributed by atoms with Gasteiger partial charge in [0.15, 0.2) is 52.8 Å². The van der Waals surface area contributed by atoms with Crippen molar-refractivity contribution in [2.45, 2.75) is 189 Å². The number of barbiturate groups is 2. The highest BCUT2D eigenvalue weighted by Gasteiger charge is 2.65. The molecular weight excluding hydrogens is 1600 g/mol. The number of urea groups is 2. The van der Waals surface area contributed by atoms with Gasteiger partial charge in [-0.3, -0.25) is 69.2 Å². The maximum Gasteiger partial charge on any atom is 0.328 e. The summed E-state index contributed by atoms with van der Waals surface area (Å²) in [7, 11) is 0. The number of aldehydes is 2. The van der Waals surface area contributed by atoms with Crippen molar-refractivity contribution >= 4 is 116 Å². The van der Waals surface area contributed by atoms with Gasteiger partial charge in [0.05, 0.1) is 115 Å². The maximum absolute atomic E-state index is 15.0. The highest BCUT2D eigenvalue weighted by molar-refractivity contribution is 9.10. The third-order valence-electron chi connectivity index (χ3n) is 21.9. The largest absolute Gasteiger partial charge is 0.372 e. The van der Waals surface area contributed by atoms with Crippen LogP contribution in [0.25, 0.3) is 0 Å². The first-order chi connectivity index (χ1) is 55.2. The van der Waals surface area contributed by atoms with E-state index in [1.165, 1.54) is 82.3 Å². The first kappa shape index (κ1) is 88.0. The number of hydrogen-bond acceptors (Lipinski definition) is 24. The zero-order chi connectivity index (χ0) is 85.5. The van der Waals surface area contributed by atoms with Crippen LogP contribution in [0, 0.1) is 39.9 Å². The number of ether oxygens (including phenoxy) is 7. The minimum absolute atomic E-state index is 0.0369. The molecule has 15 rings (SSSR count). The van der Waals surface area contributed by atoms with Crippen molar-refractivity contribution in [3.63, 3.8) is 0 Å². The molecule has 0 saturated carbocycles. The number of nitrogens with one attached hydrogen (secondary N) is 4. The monoisotopic (exact) mass is 1700 g/mol. The molecule has 12 atom stereocenters. The van der Waals surface area contributed by atoms with Gasteiger partial charge in [0.1, 0.15) is 29.1 Å². The van der Waals surface area contributed by atoms with Gasteiger partial charge in [0.25, 0.3) is 0 Å². The Morgan fingerprint density at radius 1 is 0.393 bits per heavy atom. The maximum atomic E-state index is 15.0. The van der Waals surface area contributed by atoms with E-state index in [0.717, 1.165) is 5.56 Å². The number of carbonyl (C=O) groups excluding carboxylic acids is 12. The smallest absolute Gasteiger partial charge is 0.328 e. The molecule has 0 bridgehead atoms. The summed E-state index contributed by atoms with van der Waals surface area (Å²) in [5.74, 6) is -6.69. The third kappa shape index (κ3) is 18.3. The van der Waals surface area contributed by atoms with Gasteiger partial charge in [-0.15, -0.1) is 0 Å². The molecule has 0 aliphatic carbocycles. The van der Waals surface area contributed by atoms with Gasteiger partial charge in [0.2, 0.25) is 23.6 Å². The van der Waals surface area contributed by atoms with Crippen molar-refractivity contribution < 1.29 is 113 Å². The van der Waals surface area contributed by atoms with Crippen molar-refractivity contribution in [2.75, 3.05) is 90.1 Å². The molecule has 628 valence electrons. The molecular formula is C83H95BrF5N9O19. The minimum atomic E-state index is -1.68. The van der Waals surface area contributed by atoms with Crippen molar-refractivity contribution in [2.24, 2.45) is 10.8 Å². The Morgan fingerprint density at radius 2 is 0.675 bits per heavy atom. The highest BCUT2D eigenvalue weighted by Crippen LogP contribution is 2.51. The number of halogens is 6. The third-order valence-corrected chi connectivity index (χ3v) is 22.4. The molecule has 8 fully saturated rings. The molecule has 28 nitrogen and oxygen atoms in total. The van der Waals surface area contributed by atoms with Crippen LogP contribution in [-0.4, -0.2) is 210 Å². The van der Waals surface area contributed by atoms with Crippen LogP contribution < -0.4 is 45.8 Å². The second-order valence-electron chi connectivity index (χ2n) is 31.3. The Balaban J connectivity index is 0.000000145. The highest BCUT2D eigenvalue weighted by atomic mass is 79.9. The molecule has 10 aliphatic rings. The van der Waals surface area contributed by atoms with Gasteiger partial charge in [-0.1, -0.05) is 15.9 Å². The number of hydrogen-bond donors (Lipinski definition) is 4. The van der Waals surface area contributed by atoms with Gasteiger partial charge in [-0.25, -0.2) is 31.5 Å². The van der Waals surface area contributed by atoms with Crippen molar-refractivity contribution in [3.8, 4) is 0 Å². The van der Waals surface area contributed by atoms with Gasteiger partial charge < -0.3 is 57.7 Å². The summed E-state index contributed by atoms with van der Waals surface area (Å²) >= 11 is 3.35. The van der Waals surface area contributed by atoms with E-state index in [9.17, 15) is 70.7 Å². The molecule has 5 aromatic rings. The average molecular weight is 1700 g/mol. The van der Waals surface area contributed by atoms with Crippen LogP contribution in [0.3, 0.4) is 0 Å². The fraction of sp³-hybridized carbons (Fsp3) is 0.494.